The van der Waals surface area contributed by atoms with Gasteiger partial charge in [-0.1, -0.05) is 34.1 Å². The summed E-state index contributed by atoms with van der Waals surface area (Å²) in [5.74, 6) is -0.744. The minimum Gasteiger partial charge on any atom is -0.494 e. The average molecular weight is 509 g/mol. The lowest BCUT2D eigenvalue weighted by atomic mass is 9.96. The third kappa shape index (κ3) is 9.35. The van der Waals surface area contributed by atoms with Crippen LogP contribution in [0.5, 0.6) is 5.75 Å². The molecule has 32 heavy (non-hydrogen) atoms. The summed E-state index contributed by atoms with van der Waals surface area (Å²) in [5, 5.41) is 12.1. The van der Waals surface area contributed by atoms with Crippen LogP contribution in [0.3, 0.4) is 0 Å². The van der Waals surface area contributed by atoms with E-state index < -0.39 is 17.9 Å². The SMILES string of the molecule is CCOCOC[C@H](C[C@H](CCOc1ccccc1)C(=O)NO)NC(=O)c1ccc(Br)cc1. The van der Waals surface area contributed by atoms with Crippen LogP contribution in [0.4, 0.5) is 0 Å². The van der Waals surface area contributed by atoms with Crippen LogP contribution >= 0.6 is 15.9 Å². The maximum Gasteiger partial charge on any atom is 0.251 e. The molecule has 9 heteroatoms. The van der Waals surface area contributed by atoms with E-state index in [2.05, 4.69) is 21.2 Å². The molecular formula is C23H29BrN2O6. The summed E-state index contributed by atoms with van der Waals surface area (Å²) in [6, 6.07) is 15.7. The van der Waals surface area contributed by atoms with Crippen molar-refractivity contribution >= 4 is 27.7 Å². The van der Waals surface area contributed by atoms with Gasteiger partial charge in [0.25, 0.3) is 5.91 Å². The maximum absolute atomic E-state index is 12.7. The number of halogens is 1. The molecule has 3 N–H and O–H groups in total. The van der Waals surface area contributed by atoms with Gasteiger partial charge in [-0.15, -0.1) is 0 Å². The maximum atomic E-state index is 12.7. The molecule has 0 aliphatic rings. The molecule has 0 saturated carbocycles. The monoisotopic (exact) mass is 508 g/mol. The van der Waals surface area contributed by atoms with Crippen LogP contribution < -0.4 is 15.5 Å². The fourth-order valence-electron chi connectivity index (χ4n) is 3.00. The molecule has 0 saturated heterocycles. The first-order valence-electron chi connectivity index (χ1n) is 10.4. The number of rotatable bonds is 14. The lowest BCUT2D eigenvalue weighted by molar-refractivity contribution is -0.134. The third-order valence-electron chi connectivity index (χ3n) is 4.66. The molecule has 0 aliphatic heterocycles. The van der Waals surface area contributed by atoms with Gasteiger partial charge < -0.3 is 19.5 Å². The molecule has 0 heterocycles. The van der Waals surface area contributed by atoms with E-state index in [-0.39, 0.29) is 32.3 Å². The van der Waals surface area contributed by atoms with Gasteiger partial charge in [0, 0.05) is 22.6 Å². The number of para-hydroxylation sites is 1. The number of carbonyl (C=O) groups excluding carboxylic acids is 2. The smallest absolute Gasteiger partial charge is 0.251 e. The molecule has 0 aromatic heterocycles. The highest BCUT2D eigenvalue weighted by atomic mass is 79.9. The summed E-state index contributed by atoms with van der Waals surface area (Å²) < 4.78 is 17.3. The Balaban J connectivity index is 2.01. The van der Waals surface area contributed by atoms with Crippen molar-refractivity contribution in [3.63, 3.8) is 0 Å². The fourth-order valence-corrected chi connectivity index (χ4v) is 3.26. The number of nitrogens with one attached hydrogen (secondary N) is 2. The zero-order valence-corrected chi connectivity index (χ0v) is 19.5. The summed E-state index contributed by atoms with van der Waals surface area (Å²) in [6.07, 6.45) is 0.594. The molecule has 0 fully saturated rings. The number of carbonyl (C=O) groups is 2. The Labute approximate surface area is 196 Å². The molecule has 2 aromatic rings. The van der Waals surface area contributed by atoms with E-state index in [0.29, 0.717) is 24.3 Å². The first kappa shape index (κ1) is 25.8. The van der Waals surface area contributed by atoms with Crippen molar-refractivity contribution in [3.05, 3.63) is 64.6 Å². The molecule has 0 bridgehead atoms. The highest BCUT2D eigenvalue weighted by molar-refractivity contribution is 9.10. The number of benzene rings is 2. The molecule has 8 nitrogen and oxygen atoms in total. The van der Waals surface area contributed by atoms with Crippen molar-refractivity contribution in [1.82, 2.24) is 10.8 Å². The normalized spacial score (nSPS) is 12.6. The summed E-state index contributed by atoms with van der Waals surface area (Å²) in [6.45, 7) is 2.86. The Morgan fingerprint density at radius 2 is 1.78 bits per heavy atom. The van der Waals surface area contributed by atoms with Crippen molar-refractivity contribution in [3.8, 4) is 5.75 Å². The van der Waals surface area contributed by atoms with Crippen LogP contribution in [0.15, 0.2) is 59.1 Å². The van der Waals surface area contributed by atoms with Crippen LogP contribution in [0.2, 0.25) is 0 Å². The van der Waals surface area contributed by atoms with E-state index in [4.69, 9.17) is 14.2 Å². The van der Waals surface area contributed by atoms with Crippen LogP contribution in [0, 0.1) is 5.92 Å². The lowest BCUT2D eigenvalue weighted by Crippen LogP contribution is -2.42. The van der Waals surface area contributed by atoms with Gasteiger partial charge in [-0.3, -0.25) is 14.8 Å². The summed E-state index contributed by atoms with van der Waals surface area (Å²) in [5.41, 5.74) is 2.19. The highest BCUT2D eigenvalue weighted by Gasteiger charge is 2.25. The largest absolute Gasteiger partial charge is 0.494 e. The molecule has 2 aromatic carbocycles. The van der Waals surface area contributed by atoms with Gasteiger partial charge >= 0.3 is 0 Å². The zero-order valence-electron chi connectivity index (χ0n) is 18.0. The molecule has 0 radical (unpaired) electrons. The predicted octanol–water partition coefficient (Wildman–Crippen LogP) is 3.54. The van der Waals surface area contributed by atoms with Gasteiger partial charge in [-0.25, -0.2) is 5.48 Å². The van der Waals surface area contributed by atoms with Crippen molar-refractivity contribution in [2.45, 2.75) is 25.8 Å². The topological polar surface area (TPSA) is 106 Å². The predicted molar refractivity (Wildman–Crippen MR) is 122 cm³/mol. The highest BCUT2D eigenvalue weighted by Crippen LogP contribution is 2.16. The van der Waals surface area contributed by atoms with Crippen molar-refractivity contribution < 1.29 is 29.0 Å². The van der Waals surface area contributed by atoms with E-state index in [1.54, 1.807) is 29.7 Å². The Morgan fingerprint density at radius 1 is 1.06 bits per heavy atom. The molecule has 2 amide bonds. The van der Waals surface area contributed by atoms with Crippen LogP contribution in [-0.2, 0) is 14.3 Å². The second-order valence-corrected chi connectivity index (χ2v) is 7.93. The van der Waals surface area contributed by atoms with E-state index in [1.807, 2.05) is 37.3 Å². The Bertz CT molecular complexity index is 819. The molecular weight excluding hydrogens is 480 g/mol. The van der Waals surface area contributed by atoms with E-state index in [1.165, 1.54) is 0 Å². The first-order chi connectivity index (χ1) is 15.5. The minimum atomic E-state index is -0.602. The van der Waals surface area contributed by atoms with Gasteiger partial charge in [0.15, 0.2) is 0 Å². The number of hydroxylamine groups is 1. The van der Waals surface area contributed by atoms with Crippen LogP contribution in [-0.4, -0.2) is 49.7 Å². The number of ether oxygens (including phenoxy) is 3. The lowest BCUT2D eigenvalue weighted by Gasteiger charge is -2.23. The van der Waals surface area contributed by atoms with E-state index >= 15 is 0 Å². The Morgan fingerprint density at radius 3 is 2.44 bits per heavy atom. The van der Waals surface area contributed by atoms with Crippen LogP contribution in [0.25, 0.3) is 0 Å². The fraction of sp³-hybridized carbons (Fsp3) is 0.391. The third-order valence-corrected chi connectivity index (χ3v) is 5.19. The summed E-state index contributed by atoms with van der Waals surface area (Å²) >= 11 is 3.35. The van der Waals surface area contributed by atoms with Gasteiger partial charge in [0.2, 0.25) is 5.91 Å². The number of hydrogen-bond donors (Lipinski definition) is 3. The molecule has 2 rings (SSSR count). The molecule has 174 valence electrons. The van der Waals surface area contributed by atoms with Crippen molar-refractivity contribution in [2.75, 3.05) is 26.6 Å². The standard InChI is InChI=1S/C23H29BrN2O6/c1-2-30-16-31-15-20(25-22(27)17-8-10-19(24)11-9-17)14-18(23(28)26-29)12-13-32-21-6-4-3-5-7-21/h3-11,18,20,29H,2,12-16H2,1H3,(H,25,27)(H,26,28)/t18-,20-/m0/s1. The van der Waals surface area contributed by atoms with E-state index in [9.17, 15) is 14.8 Å². The Kier molecular flexibility index (Phi) is 11.7. The van der Waals surface area contributed by atoms with Gasteiger partial charge in [0.1, 0.15) is 12.5 Å². The zero-order chi connectivity index (χ0) is 23.2. The molecule has 2 atom stereocenters. The molecule has 0 unspecified atom stereocenters. The average Bonchev–Trinajstić information content (AvgIpc) is 2.81. The van der Waals surface area contributed by atoms with Gasteiger partial charge in [0.05, 0.1) is 19.3 Å². The van der Waals surface area contributed by atoms with Gasteiger partial charge in [-0.05, 0) is 56.2 Å². The number of amides is 2. The minimum absolute atomic E-state index is 0.0785. The number of hydrogen-bond acceptors (Lipinski definition) is 6. The van der Waals surface area contributed by atoms with E-state index in [0.717, 1.165) is 4.47 Å². The second kappa shape index (κ2) is 14.6. The molecule has 0 aliphatic carbocycles. The molecule has 0 spiro atoms. The van der Waals surface area contributed by atoms with Gasteiger partial charge in [-0.2, -0.15) is 0 Å². The first-order valence-corrected chi connectivity index (χ1v) is 11.2. The van der Waals surface area contributed by atoms with Crippen molar-refractivity contribution in [2.24, 2.45) is 5.92 Å². The quantitative estimate of drug-likeness (QED) is 0.156. The van der Waals surface area contributed by atoms with Crippen molar-refractivity contribution in [1.29, 1.82) is 0 Å². The Hall–Kier alpha value is -2.46. The van der Waals surface area contributed by atoms with Crippen LogP contribution in [0.1, 0.15) is 30.1 Å². The summed E-state index contributed by atoms with van der Waals surface area (Å²) in [4.78, 5) is 24.9. The summed E-state index contributed by atoms with van der Waals surface area (Å²) in [7, 11) is 0. The second-order valence-electron chi connectivity index (χ2n) is 7.02.